The second-order valence-electron chi connectivity index (χ2n) is 4.43. The van der Waals surface area contributed by atoms with E-state index in [2.05, 4.69) is 21.2 Å². The lowest BCUT2D eigenvalue weighted by atomic mass is 10.3. The minimum atomic E-state index is -0.605. The minimum absolute atomic E-state index is 0.254. The Labute approximate surface area is 134 Å². The van der Waals surface area contributed by atoms with E-state index in [1.165, 1.54) is 4.90 Å². The zero-order valence-corrected chi connectivity index (χ0v) is 13.2. The SMILES string of the molecule is O=C1SC(Nc2cccc(Br)c2)C(=O)N1c1ccccc1. The molecule has 1 saturated heterocycles. The summed E-state index contributed by atoms with van der Waals surface area (Å²) in [7, 11) is 0. The van der Waals surface area contributed by atoms with Crippen LogP contribution in [0.25, 0.3) is 0 Å². The molecule has 21 heavy (non-hydrogen) atoms. The molecule has 4 nitrogen and oxygen atoms in total. The van der Waals surface area contributed by atoms with Crippen LogP contribution in [-0.4, -0.2) is 16.5 Å². The first-order chi connectivity index (χ1) is 10.1. The van der Waals surface area contributed by atoms with Crippen molar-refractivity contribution in [1.82, 2.24) is 0 Å². The fourth-order valence-electron chi connectivity index (χ4n) is 2.04. The number of rotatable bonds is 3. The van der Waals surface area contributed by atoms with E-state index in [1.54, 1.807) is 24.3 Å². The second-order valence-corrected chi connectivity index (χ2v) is 6.40. The van der Waals surface area contributed by atoms with Crippen LogP contribution in [0.1, 0.15) is 0 Å². The number of hydrogen-bond acceptors (Lipinski definition) is 4. The van der Waals surface area contributed by atoms with Crippen molar-refractivity contribution in [2.45, 2.75) is 5.37 Å². The first-order valence-electron chi connectivity index (χ1n) is 6.27. The second kappa shape index (κ2) is 5.91. The molecule has 0 saturated carbocycles. The summed E-state index contributed by atoms with van der Waals surface area (Å²) < 4.78 is 0.911. The van der Waals surface area contributed by atoms with Gasteiger partial charge in [0.2, 0.25) is 0 Å². The summed E-state index contributed by atoms with van der Waals surface area (Å²) in [5.41, 5.74) is 1.39. The number of para-hydroxylation sites is 1. The maximum absolute atomic E-state index is 12.4. The summed E-state index contributed by atoms with van der Waals surface area (Å²) in [6.45, 7) is 0. The van der Waals surface area contributed by atoms with E-state index in [1.807, 2.05) is 30.3 Å². The van der Waals surface area contributed by atoms with Gasteiger partial charge in [0.05, 0.1) is 5.69 Å². The normalized spacial score (nSPS) is 18.1. The predicted molar refractivity (Wildman–Crippen MR) is 88.5 cm³/mol. The smallest absolute Gasteiger partial charge is 0.295 e. The molecule has 6 heteroatoms. The molecule has 1 N–H and O–H groups in total. The maximum atomic E-state index is 12.4. The quantitative estimate of drug-likeness (QED) is 0.893. The Kier molecular flexibility index (Phi) is 3.98. The van der Waals surface area contributed by atoms with Crippen molar-refractivity contribution in [2.24, 2.45) is 0 Å². The molecule has 1 atom stereocenters. The van der Waals surface area contributed by atoms with Crippen LogP contribution in [0.5, 0.6) is 0 Å². The van der Waals surface area contributed by atoms with Crippen molar-refractivity contribution >= 4 is 50.2 Å². The van der Waals surface area contributed by atoms with Crippen LogP contribution in [-0.2, 0) is 4.79 Å². The van der Waals surface area contributed by atoms with Crippen molar-refractivity contribution < 1.29 is 9.59 Å². The number of nitrogens with zero attached hydrogens (tertiary/aromatic N) is 1. The van der Waals surface area contributed by atoms with E-state index in [0.29, 0.717) is 5.69 Å². The van der Waals surface area contributed by atoms with Gasteiger partial charge in [-0.05, 0) is 42.1 Å². The van der Waals surface area contributed by atoms with Crippen molar-refractivity contribution in [3.63, 3.8) is 0 Å². The molecule has 2 aromatic rings. The van der Waals surface area contributed by atoms with Gasteiger partial charge in [0.25, 0.3) is 11.1 Å². The summed E-state index contributed by atoms with van der Waals surface area (Å²) in [5.74, 6) is -0.254. The van der Waals surface area contributed by atoms with E-state index in [0.717, 1.165) is 21.9 Å². The molecular weight excluding hydrogens is 352 g/mol. The van der Waals surface area contributed by atoms with Gasteiger partial charge in [0.1, 0.15) is 0 Å². The van der Waals surface area contributed by atoms with Gasteiger partial charge in [-0.25, -0.2) is 4.90 Å². The third-order valence-corrected chi connectivity index (χ3v) is 4.42. The summed E-state index contributed by atoms with van der Waals surface area (Å²) in [5, 5.41) is 2.21. The summed E-state index contributed by atoms with van der Waals surface area (Å²) in [4.78, 5) is 25.7. The van der Waals surface area contributed by atoms with E-state index in [4.69, 9.17) is 0 Å². The van der Waals surface area contributed by atoms with Gasteiger partial charge in [0, 0.05) is 10.2 Å². The van der Waals surface area contributed by atoms with E-state index >= 15 is 0 Å². The highest BCUT2D eigenvalue weighted by molar-refractivity contribution is 9.10. The molecule has 3 rings (SSSR count). The number of anilines is 2. The third-order valence-electron chi connectivity index (χ3n) is 2.98. The monoisotopic (exact) mass is 362 g/mol. The predicted octanol–water partition coefficient (Wildman–Crippen LogP) is 4.09. The lowest BCUT2D eigenvalue weighted by Gasteiger charge is -2.14. The lowest BCUT2D eigenvalue weighted by Crippen LogP contribution is -2.34. The van der Waals surface area contributed by atoms with Crippen LogP contribution in [0.15, 0.2) is 59.1 Å². The Bertz CT molecular complexity index is 693. The third kappa shape index (κ3) is 2.96. The number of carbonyl (C=O) groups is 2. The molecule has 106 valence electrons. The van der Waals surface area contributed by atoms with Gasteiger partial charge in [-0.2, -0.15) is 0 Å². The van der Waals surface area contributed by atoms with E-state index < -0.39 is 5.37 Å². The molecule has 1 aliphatic rings. The average Bonchev–Trinajstić information content (AvgIpc) is 2.74. The Hall–Kier alpha value is -1.79. The topological polar surface area (TPSA) is 49.4 Å². The Morgan fingerprint density at radius 1 is 1.05 bits per heavy atom. The fraction of sp³-hybridized carbons (Fsp3) is 0.0667. The number of imide groups is 1. The molecule has 1 heterocycles. The van der Waals surface area contributed by atoms with Crippen LogP contribution in [0.3, 0.4) is 0 Å². The van der Waals surface area contributed by atoms with Crippen molar-refractivity contribution in [1.29, 1.82) is 0 Å². The largest absolute Gasteiger partial charge is 0.365 e. The molecule has 0 bridgehead atoms. The molecular formula is C15H11BrN2O2S. The zero-order chi connectivity index (χ0) is 14.8. The van der Waals surface area contributed by atoms with Gasteiger partial charge in [-0.1, -0.05) is 40.2 Å². The number of amides is 2. The molecule has 2 aromatic carbocycles. The molecule has 0 aliphatic carbocycles. The highest BCUT2D eigenvalue weighted by atomic mass is 79.9. The Morgan fingerprint density at radius 3 is 2.52 bits per heavy atom. The molecule has 0 radical (unpaired) electrons. The van der Waals surface area contributed by atoms with E-state index in [-0.39, 0.29) is 11.1 Å². The summed E-state index contributed by atoms with van der Waals surface area (Å²) >= 11 is 4.37. The van der Waals surface area contributed by atoms with Crippen LogP contribution in [0.2, 0.25) is 0 Å². The molecule has 1 aliphatic heterocycles. The molecule has 1 fully saturated rings. The Morgan fingerprint density at radius 2 is 1.81 bits per heavy atom. The average molecular weight is 363 g/mol. The minimum Gasteiger partial charge on any atom is -0.365 e. The van der Waals surface area contributed by atoms with E-state index in [9.17, 15) is 9.59 Å². The first-order valence-corrected chi connectivity index (χ1v) is 7.94. The van der Waals surface area contributed by atoms with Gasteiger partial charge in [-0.3, -0.25) is 9.59 Å². The molecule has 0 spiro atoms. The number of benzene rings is 2. The van der Waals surface area contributed by atoms with Crippen LogP contribution >= 0.6 is 27.7 Å². The standard InChI is InChI=1S/C15H11BrN2O2S/c16-10-5-4-6-11(9-10)17-13-14(19)18(15(20)21-13)12-7-2-1-3-8-12/h1-9,13,17H. The van der Waals surface area contributed by atoms with Crippen molar-refractivity contribution in [3.05, 3.63) is 59.1 Å². The van der Waals surface area contributed by atoms with Gasteiger partial charge < -0.3 is 5.32 Å². The number of carbonyl (C=O) groups excluding carboxylic acids is 2. The van der Waals surface area contributed by atoms with Crippen LogP contribution in [0, 0.1) is 0 Å². The molecule has 2 amide bonds. The lowest BCUT2D eigenvalue weighted by molar-refractivity contribution is -0.116. The Balaban J connectivity index is 1.81. The maximum Gasteiger partial charge on any atom is 0.295 e. The first kappa shape index (κ1) is 14.2. The highest BCUT2D eigenvalue weighted by Gasteiger charge is 2.40. The van der Waals surface area contributed by atoms with Gasteiger partial charge >= 0.3 is 0 Å². The molecule has 1 unspecified atom stereocenters. The van der Waals surface area contributed by atoms with Gasteiger partial charge in [0.15, 0.2) is 5.37 Å². The zero-order valence-electron chi connectivity index (χ0n) is 10.8. The van der Waals surface area contributed by atoms with Crippen molar-refractivity contribution in [2.75, 3.05) is 10.2 Å². The molecule has 0 aromatic heterocycles. The number of thioether (sulfide) groups is 1. The summed E-state index contributed by atoms with van der Waals surface area (Å²) in [6.07, 6.45) is 0. The van der Waals surface area contributed by atoms with Crippen molar-refractivity contribution in [3.8, 4) is 0 Å². The highest BCUT2D eigenvalue weighted by Crippen LogP contribution is 2.32. The van der Waals surface area contributed by atoms with Crippen LogP contribution < -0.4 is 10.2 Å². The number of nitrogens with one attached hydrogen (secondary N) is 1. The number of hydrogen-bond donors (Lipinski definition) is 1. The summed E-state index contributed by atoms with van der Waals surface area (Å²) in [6, 6.07) is 16.4. The van der Waals surface area contributed by atoms with Crippen LogP contribution in [0.4, 0.5) is 16.2 Å². The van der Waals surface area contributed by atoms with Gasteiger partial charge in [-0.15, -0.1) is 0 Å². The fourth-order valence-corrected chi connectivity index (χ4v) is 3.34. The number of halogens is 1.